The fourth-order valence-corrected chi connectivity index (χ4v) is 1.24. The molecular weight excluding hydrogens is 198 g/mol. The molecule has 70 valence electrons. The number of hydrogen-bond donors (Lipinski definition) is 1. The molecule has 0 fully saturated rings. The van der Waals surface area contributed by atoms with E-state index in [9.17, 15) is 0 Å². The summed E-state index contributed by atoms with van der Waals surface area (Å²) in [5.74, 6) is 0. The second kappa shape index (κ2) is 5.25. The van der Waals surface area contributed by atoms with E-state index in [1.165, 1.54) is 11.1 Å². The number of benzene rings is 1. The standard InChI is InChI=1S/C10H13NS2/c1-8-3-5-9(6-4-8)7-11-10(12)13-2/h3-6H,7H2,1-2H3,(H,11,12). The summed E-state index contributed by atoms with van der Waals surface area (Å²) in [6.45, 7) is 2.91. The molecule has 0 saturated carbocycles. The van der Waals surface area contributed by atoms with E-state index < -0.39 is 0 Å². The third kappa shape index (κ3) is 3.79. The predicted octanol–water partition coefficient (Wildman–Crippen LogP) is 2.73. The van der Waals surface area contributed by atoms with Gasteiger partial charge in [0.05, 0.1) is 0 Å². The molecule has 0 bridgehead atoms. The first kappa shape index (κ1) is 10.5. The van der Waals surface area contributed by atoms with E-state index in [2.05, 4.69) is 36.5 Å². The molecule has 0 unspecified atom stereocenters. The molecule has 0 aliphatic rings. The summed E-state index contributed by atoms with van der Waals surface area (Å²) in [4.78, 5) is 0. The SMILES string of the molecule is CSC(=S)NCc1ccc(C)cc1. The summed E-state index contributed by atoms with van der Waals surface area (Å²) in [5.41, 5.74) is 2.55. The summed E-state index contributed by atoms with van der Waals surface area (Å²) in [6.07, 6.45) is 1.98. The third-order valence-electron chi connectivity index (χ3n) is 1.74. The maximum atomic E-state index is 5.03. The van der Waals surface area contributed by atoms with Crippen molar-refractivity contribution in [3.63, 3.8) is 0 Å². The van der Waals surface area contributed by atoms with Crippen LogP contribution in [0.5, 0.6) is 0 Å². The van der Waals surface area contributed by atoms with Crippen molar-refractivity contribution < 1.29 is 0 Å². The molecule has 1 rings (SSSR count). The maximum absolute atomic E-state index is 5.03. The highest BCUT2D eigenvalue weighted by Crippen LogP contribution is 2.03. The fourth-order valence-electron chi connectivity index (χ4n) is 0.952. The number of aryl methyl sites for hydroxylation is 1. The van der Waals surface area contributed by atoms with Gasteiger partial charge in [0.15, 0.2) is 0 Å². The van der Waals surface area contributed by atoms with Gasteiger partial charge in [-0.2, -0.15) is 0 Å². The van der Waals surface area contributed by atoms with Crippen LogP contribution in [-0.4, -0.2) is 10.6 Å². The second-order valence-corrected chi connectivity index (χ2v) is 4.31. The molecule has 0 aromatic heterocycles. The lowest BCUT2D eigenvalue weighted by molar-refractivity contribution is 0.939. The number of thiocarbonyl (C=S) groups is 1. The minimum Gasteiger partial charge on any atom is -0.367 e. The molecule has 0 spiro atoms. The van der Waals surface area contributed by atoms with E-state index in [1.807, 2.05) is 6.26 Å². The van der Waals surface area contributed by atoms with Crippen LogP contribution in [0.4, 0.5) is 0 Å². The van der Waals surface area contributed by atoms with Crippen LogP contribution >= 0.6 is 24.0 Å². The molecular formula is C10H13NS2. The summed E-state index contributed by atoms with van der Waals surface area (Å²) >= 11 is 6.60. The molecule has 1 aromatic rings. The molecule has 0 aliphatic heterocycles. The van der Waals surface area contributed by atoms with E-state index >= 15 is 0 Å². The first-order valence-corrected chi connectivity index (χ1v) is 5.73. The lowest BCUT2D eigenvalue weighted by atomic mass is 10.1. The summed E-state index contributed by atoms with van der Waals surface area (Å²) in [6, 6.07) is 8.45. The van der Waals surface area contributed by atoms with Crippen LogP contribution in [0, 0.1) is 6.92 Å². The molecule has 3 heteroatoms. The second-order valence-electron chi connectivity index (χ2n) is 2.83. The molecule has 1 N–H and O–H groups in total. The Bertz CT molecular complexity index is 279. The first-order valence-electron chi connectivity index (χ1n) is 4.09. The van der Waals surface area contributed by atoms with Gasteiger partial charge in [-0.05, 0) is 18.7 Å². The van der Waals surface area contributed by atoms with Crippen molar-refractivity contribution in [2.24, 2.45) is 0 Å². The summed E-state index contributed by atoms with van der Waals surface area (Å²) < 4.78 is 0.848. The van der Waals surface area contributed by atoms with Crippen LogP contribution in [-0.2, 0) is 6.54 Å². The molecule has 13 heavy (non-hydrogen) atoms. The highest BCUT2D eigenvalue weighted by atomic mass is 32.2. The van der Waals surface area contributed by atoms with Crippen molar-refractivity contribution in [1.82, 2.24) is 5.32 Å². The topological polar surface area (TPSA) is 12.0 Å². The quantitative estimate of drug-likeness (QED) is 0.755. The van der Waals surface area contributed by atoms with E-state index in [0.717, 1.165) is 10.9 Å². The fraction of sp³-hybridized carbons (Fsp3) is 0.300. The number of thioether (sulfide) groups is 1. The van der Waals surface area contributed by atoms with E-state index in [-0.39, 0.29) is 0 Å². The molecule has 0 saturated heterocycles. The van der Waals surface area contributed by atoms with Crippen LogP contribution in [0.15, 0.2) is 24.3 Å². The summed E-state index contributed by atoms with van der Waals surface area (Å²) in [5, 5.41) is 3.16. The summed E-state index contributed by atoms with van der Waals surface area (Å²) in [7, 11) is 0. The van der Waals surface area contributed by atoms with Gasteiger partial charge in [0.2, 0.25) is 0 Å². The van der Waals surface area contributed by atoms with Crippen molar-refractivity contribution in [2.75, 3.05) is 6.26 Å². The van der Waals surface area contributed by atoms with E-state index in [0.29, 0.717) is 0 Å². The van der Waals surface area contributed by atoms with Crippen LogP contribution in [0.25, 0.3) is 0 Å². The maximum Gasteiger partial charge on any atom is 0.133 e. The monoisotopic (exact) mass is 211 g/mol. The average Bonchev–Trinajstić information content (AvgIpc) is 2.16. The Kier molecular flexibility index (Phi) is 4.25. The third-order valence-corrected chi connectivity index (χ3v) is 2.90. The van der Waals surface area contributed by atoms with Gasteiger partial charge >= 0.3 is 0 Å². The van der Waals surface area contributed by atoms with Gasteiger partial charge in [0, 0.05) is 6.54 Å². The minimum atomic E-state index is 0.819. The Hall–Kier alpha value is -0.540. The van der Waals surface area contributed by atoms with Gasteiger partial charge < -0.3 is 5.32 Å². The molecule has 0 aliphatic carbocycles. The molecule has 0 atom stereocenters. The Morgan fingerprint density at radius 3 is 2.54 bits per heavy atom. The Labute approximate surface area is 88.9 Å². The van der Waals surface area contributed by atoms with Gasteiger partial charge in [-0.1, -0.05) is 42.0 Å². The van der Waals surface area contributed by atoms with Crippen molar-refractivity contribution in [2.45, 2.75) is 13.5 Å². The Morgan fingerprint density at radius 2 is 2.00 bits per heavy atom. The van der Waals surface area contributed by atoms with Crippen molar-refractivity contribution in [3.05, 3.63) is 35.4 Å². The molecule has 0 heterocycles. The van der Waals surface area contributed by atoms with Gasteiger partial charge in [-0.25, -0.2) is 0 Å². The highest BCUT2D eigenvalue weighted by molar-refractivity contribution is 8.22. The number of hydrogen-bond acceptors (Lipinski definition) is 2. The largest absolute Gasteiger partial charge is 0.367 e. The van der Waals surface area contributed by atoms with Crippen LogP contribution in [0.3, 0.4) is 0 Å². The van der Waals surface area contributed by atoms with Gasteiger partial charge in [0.1, 0.15) is 4.32 Å². The van der Waals surface area contributed by atoms with Crippen LogP contribution in [0.2, 0.25) is 0 Å². The minimum absolute atomic E-state index is 0.819. The van der Waals surface area contributed by atoms with Crippen molar-refractivity contribution >= 4 is 28.3 Å². The predicted molar refractivity (Wildman–Crippen MR) is 64.1 cm³/mol. The Morgan fingerprint density at radius 1 is 1.38 bits per heavy atom. The Balaban J connectivity index is 2.46. The van der Waals surface area contributed by atoms with Crippen molar-refractivity contribution in [1.29, 1.82) is 0 Å². The lowest BCUT2D eigenvalue weighted by Crippen LogP contribution is -2.16. The molecule has 1 nitrogen and oxygen atoms in total. The molecule has 0 amide bonds. The smallest absolute Gasteiger partial charge is 0.133 e. The number of rotatable bonds is 2. The van der Waals surface area contributed by atoms with Crippen LogP contribution in [0.1, 0.15) is 11.1 Å². The lowest BCUT2D eigenvalue weighted by Gasteiger charge is -2.05. The van der Waals surface area contributed by atoms with E-state index in [4.69, 9.17) is 12.2 Å². The zero-order chi connectivity index (χ0) is 9.68. The zero-order valence-electron chi connectivity index (χ0n) is 7.83. The van der Waals surface area contributed by atoms with Crippen LogP contribution < -0.4 is 5.32 Å². The van der Waals surface area contributed by atoms with Gasteiger partial charge in [-0.15, -0.1) is 11.8 Å². The highest BCUT2D eigenvalue weighted by Gasteiger charge is 1.93. The van der Waals surface area contributed by atoms with Gasteiger partial charge in [0.25, 0.3) is 0 Å². The van der Waals surface area contributed by atoms with E-state index in [1.54, 1.807) is 11.8 Å². The molecule has 0 radical (unpaired) electrons. The zero-order valence-corrected chi connectivity index (χ0v) is 9.47. The first-order chi connectivity index (χ1) is 6.22. The number of nitrogens with one attached hydrogen (secondary N) is 1. The molecule has 1 aromatic carbocycles. The average molecular weight is 211 g/mol. The van der Waals surface area contributed by atoms with Gasteiger partial charge in [-0.3, -0.25) is 0 Å². The van der Waals surface area contributed by atoms with Crippen molar-refractivity contribution in [3.8, 4) is 0 Å². The normalized spacial score (nSPS) is 9.69.